The topological polar surface area (TPSA) is 9.23 Å². The van der Waals surface area contributed by atoms with Gasteiger partial charge in [-0.15, -0.1) is 0 Å². The van der Waals surface area contributed by atoms with Crippen molar-refractivity contribution in [3.8, 4) is 0 Å². The van der Waals surface area contributed by atoms with Crippen molar-refractivity contribution in [1.29, 1.82) is 0 Å². The number of unbranched alkanes of at least 4 members (excludes halogenated alkanes) is 3. The maximum atomic E-state index is 5.56. The third-order valence-corrected chi connectivity index (χ3v) is 8.78. The number of ether oxygens (including phenoxy) is 1. The maximum absolute atomic E-state index is 5.56. The van der Waals surface area contributed by atoms with Crippen LogP contribution in [0.4, 0.5) is 0 Å². The molecule has 100 valence electrons. The summed E-state index contributed by atoms with van der Waals surface area (Å²) in [6, 6.07) is 0. The molecule has 0 aromatic rings. The van der Waals surface area contributed by atoms with Crippen LogP contribution < -0.4 is 0 Å². The Labute approximate surface area is 104 Å². The summed E-state index contributed by atoms with van der Waals surface area (Å²) in [5.41, 5.74) is 0. The molecule has 0 aliphatic carbocycles. The number of hydrogen-bond donors (Lipinski definition) is 0. The summed E-state index contributed by atoms with van der Waals surface area (Å²) in [4.78, 5) is 0. The van der Waals surface area contributed by atoms with Crippen LogP contribution in [-0.2, 0) is 4.74 Å². The molecule has 0 N–H and O–H groups in total. The Morgan fingerprint density at radius 2 is 1.12 bits per heavy atom. The Balaban J connectivity index is 4.32. The molecule has 0 heterocycles. The SMILES string of the molecule is CCCC[PH](CCCC)(CCCC)COC. The third kappa shape index (κ3) is 6.86. The second-order valence-electron chi connectivity index (χ2n) is 5.24. The average molecular weight is 248 g/mol. The van der Waals surface area contributed by atoms with E-state index >= 15 is 0 Å². The van der Waals surface area contributed by atoms with Crippen LogP contribution in [0.2, 0.25) is 0 Å². The van der Waals surface area contributed by atoms with E-state index in [4.69, 9.17) is 4.74 Å². The Bertz CT molecular complexity index is 126. The summed E-state index contributed by atoms with van der Waals surface area (Å²) < 4.78 is 5.56. The molecule has 0 aliphatic heterocycles. The first-order valence-electron chi connectivity index (χ1n) is 7.23. The fourth-order valence-electron chi connectivity index (χ4n) is 2.55. The van der Waals surface area contributed by atoms with Crippen LogP contribution in [0.15, 0.2) is 0 Å². The van der Waals surface area contributed by atoms with Crippen molar-refractivity contribution in [1.82, 2.24) is 0 Å². The Hall–Kier alpha value is 0.390. The van der Waals surface area contributed by atoms with E-state index in [-0.39, 0.29) is 0 Å². The van der Waals surface area contributed by atoms with E-state index in [9.17, 15) is 0 Å². The molecule has 0 fully saturated rings. The van der Waals surface area contributed by atoms with Gasteiger partial charge < -0.3 is 0 Å². The average Bonchev–Trinajstić information content (AvgIpc) is 2.31. The molecule has 0 saturated carbocycles. The number of hydrogen-bond acceptors (Lipinski definition) is 1. The van der Waals surface area contributed by atoms with Crippen LogP contribution in [-0.4, -0.2) is 31.9 Å². The predicted octanol–water partition coefficient (Wildman–Crippen LogP) is 4.74. The Morgan fingerprint density at radius 3 is 1.38 bits per heavy atom. The van der Waals surface area contributed by atoms with Gasteiger partial charge in [-0.05, 0) is 0 Å². The van der Waals surface area contributed by atoms with Gasteiger partial charge in [-0.25, -0.2) is 0 Å². The Morgan fingerprint density at radius 1 is 0.750 bits per heavy atom. The molecule has 0 aromatic heterocycles. The molecule has 0 unspecified atom stereocenters. The van der Waals surface area contributed by atoms with Crippen LogP contribution in [0.25, 0.3) is 0 Å². The molecule has 2 heteroatoms. The zero-order valence-corrected chi connectivity index (χ0v) is 13.0. The van der Waals surface area contributed by atoms with E-state index in [1.165, 1.54) is 57.0 Å². The molecular weight excluding hydrogens is 215 g/mol. The van der Waals surface area contributed by atoms with Gasteiger partial charge in [0.15, 0.2) is 0 Å². The van der Waals surface area contributed by atoms with Crippen LogP contribution in [0.3, 0.4) is 0 Å². The normalized spacial score (nSPS) is 13.0. The van der Waals surface area contributed by atoms with E-state index in [0.29, 0.717) is 0 Å². The standard InChI is InChI=1S/C14H33OP/c1-5-8-11-16(14-15-4,12-9-6-2)13-10-7-3/h16H,5-14H2,1-4H3. The summed E-state index contributed by atoms with van der Waals surface area (Å²) in [7, 11) is 0.814. The van der Waals surface area contributed by atoms with Gasteiger partial charge in [0, 0.05) is 0 Å². The molecule has 1 nitrogen and oxygen atoms in total. The van der Waals surface area contributed by atoms with Crippen LogP contribution in [0.1, 0.15) is 59.3 Å². The fraction of sp³-hybridized carbons (Fsp3) is 1.00. The quantitative estimate of drug-likeness (QED) is 0.480. The zero-order chi connectivity index (χ0) is 12.3. The van der Waals surface area contributed by atoms with Crippen LogP contribution >= 0.6 is 7.26 Å². The van der Waals surface area contributed by atoms with Crippen molar-refractivity contribution in [2.75, 3.05) is 31.9 Å². The molecule has 0 amide bonds. The minimum absolute atomic E-state index is 1.08. The second-order valence-corrected chi connectivity index (χ2v) is 10.0. The van der Waals surface area contributed by atoms with Crippen molar-refractivity contribution in [2.24, 2.45) is 0 Å². The van der Waals surface area contributed by atoms with E-state index in [2.05, 4.69) is 20.8 Å². The molecule has 0 bridgehead atoms. The van der Waals surface area contributed by atoms with E-state index in [1.54, 1.807) is 0 Å². The molecule has 0 saturated heterocycles. The van der Waals surface area contributed by atoms with Gasteiger partial charge >= 0.3 is 103 Å². The molecule has 0 rings (SSSR count). The molecule has 0 atom stereocenters. The number of rotatable bonds is 11. The van der Waals surface area contributed by atoms with Crippen molar-refractivity contribution in [2.45, 2.75) is 59.3 Å². The third-order valence-electron chi connectivity index (χ3n) is 3.63. The van der Waals surface area contributed by atoms with Gasteiger partial charge in [-0.1, -0.05) is 0 Å². The monoisotopic (exact) mass is 248 g/mol. The number of methoxy groups -OCH3 is 1. The first-order chi connectivity index (χ1) is 7.74. The van der Waals surface area contributed by atoms with Crippen molar-refractivity contribution in [3.63, 3.8) is 0 Å². The van der Waals surface area contributed by atoms with Gasteiger partial charge in [0.05, 0.1) is 0 Å². The molecule has 0 aliphatic rings. The summed E-state index contributed by atoms with van der Waals surface area (Å²) >= 11 is 0. The second kappa shape index (κ2) is 10.5. The molecule has 0 radical (unpaired) electrons. The molecule has 0 spiro atoms. The van der Waals surface area contributed by atoms with Crippen molar-refractivity contribution in [3.05, 3.63) is 0 Å². The molecule has 16 heavy (non-hydrogen) atoms. The van der Waals surface area contributed by atoms with Crippen LogP contribution in [0.5, 0.6) is 0 Å². The predicted molar refractivity (Wildman–Crippen MR) is 79.5 cm³/mol. The van der Waals surface area contributed by atoms with Crippen molar-refractivity contribution >= 4 is 7.26 Å². The fourth-order valence-corrected chi connectivity index (χ4v) is 7.66. The minimum atomic E-state index is -1.08. The van der Waals surface area contributed by atoms with E-state index in [1.807, 2.05) is 7.11 Å². The summed E-state index contributed by atoms with van der Waals surface area (Å²) in [5, 5.41) is 0. The van der Waals surface area contributed by atoms with E-state index < -0.39 is 7.26 Å². The summed E-state index contributed by atoms with van der Waals surface area (Å²) in [6.07, 6.45) is 13.9. The van der Waals surface area contributed by atoms with Crippen LogP contribution in [0, 0.1) is 0 Å². The van der Waals surface area contributed by atoms with E-state index in [0.717, 1.165) is 6.35 Å². The molecule has 0 aromatic carbocycles. The summed E-state index contributed by atoms with van der Waals surface area (Å²) in [6.45, 7) is 6.93. The molecular formula is C14H33OP. The first-order valence-corrected chi connectivity index (χ1v) is 10.1. The van der Waals surface area contributed by atoms with Gasteiger partial charge in [0.1, 0.15) is 0 Å². The summed E-state index contributed by atoms with van der Waals surface area (Å²) in [5.74, 6) is 0. The van der Waals surface area contributed by atoms with Gasteiger partial charge in [0.25, 0.3) is 0 Å². The van der Waals surface area contributed by atoms with Gasteiger partial charge in [-0.3, -0.25) is 0 Å². The van der Waals surface area contributed by atoms with Gasteiger partial charge in [-0.2, -0.15) is 0 Å². The zero-order valence-electron chi connectivity index (χ0n) is 12.0. The first kappa shape index (κ1) is 16.4. The van der Waals surface area contributed by atoms with Crippen molar-refractivity contribution < 1.29 is 4.74 Å². The Kier molecular flexibility index (Phi) is 10.8. The van der Waals surface area contributed by atoms with Gasteiger partial charge in [0.2, 0.25) is 0 Å².